The Bertz CT molecular complexity index is 822. The van der Waals surface area contributed by atoms with Crippen LogP contribution in [0.5, 0.6) is 0 Å². The van der Waals surface area contributed by atoms with E-state index in [2.05, 4.69) is 18.7 Å². The van der Waals surface area contributed by atoms with Crippen molar-refractivity contribution in [2.45, 2.75) is 13.8 Å². The Morgan fingerprint density at radius 3 is 2.00 bits per heavy atom. The predicted octanol–water partition coefficient (Wildman–Crippen LogP) is 2.99. The van der Waals surface area contributed by atoms with E-state index in [1.807, 2.05) is 0 Å². The van der Waals surface area contributed by atoms with Crippen LogP contribution in [0.1, 0.15) is 44.9 Å². The van der Waals surface area contributed by atoms with Crippen LogP contribution >= 0.6 is 0 Å². The minimum atomic E-state index is -0.420. The van der Waals surface area contributed by atoms with Crippen molar-refractivity contribution >= 4 is 23.5 Å². The Labute approximate surface area is 158 Å². The number of fused-ring (bicyclic) bond motifs is 1. The van der Waals surface area contributed by atoms with Gasteiger partial charge in [-0.25, -0.2) is 9.69 Å². The van der Waals surface area contributed by atoms with Gasteiger partial charge < -0.3 is 9.64 Å². The minimum Gasteiger partial charge on any atom is -0.461 e. The SMILES string of the molecule is CCN(CC)CCOC(=O)c1ccc(N2C(=O)c3ccccc3C2=O)cc1. The number of nitrogens with zero attached hydrogens (tertiary/aromatic N) is 2. The van der Waals surface area contributed by atoms with Crippen LogP contribution in [0.2, 0.25) is 0 Å². The number of ether oxygens (including phenoxy) is 1. The Kier molecular flexibility index (Phi) is 5.66. The smallest absolute Gasteiger partial charge is 0.338 e. The molecule has 0 fully saturated rings. The van der Waals surface area contributed by atoms with Gasteiger partial charge in [0, 0.05) is 6.54 Å². The van der Waals surface area contributed by atoms with E-state index < -0.39 is 5.97 Å². The van der Waals surface area contributed by atoms with Crippen molar-refractivity contribution in [1.29, 1.82) is 0 Å². The highest BCUT2D eigenvalue weighted by Gasteiger charge is 2.36. The van der Waals surface area contributed by atoms with Crippen LogP contribution in [-0.2, 0) is 4.74 Å². The number of hydrogen-bond donors (Lipinski definition) is 0. The fourth-order valence-electron chi connectivity index (χ4n) is 3.06. The molecule has 0 atom stereocenters. The van der Waals surface area contributed by atoms with Gasteiger partial charge >= 0.3 is 5.97 Å². The Morgan fingerprint density at radius 1 is 0.926 bits per heavy atom. The summed E-state index contributed by atoms with van der Waals surface area (Å²) in [5.74, 6) is -1.13. The molecule has 6 nitrogen and oxygen atoms in total. The zero-order chi connectivity index (χ0) is 19.4. The molecule has 0 unspecified atom stereocenters. The molecule has 0 aliphatic carbocycles. The van der Waals surface area contributed by atoms with Crippen molar-refractivity contribution in [3.8, 4) is 0 Å². The quantitative estimate of drug-likeness (QED) is 0.557. The lowest BCUT2D eigenvalue weighted by molar-refractivity contribution is 0.0466. The summed E-state index contributed by atoms with van der Waals surface area (Å²) in [6.07, 6.45) is 0. The van der Waals surface area contributed by atoms with Gasteiger partial charge in [-0.05, 0) is 49.5 Å². The van der Waals surface area contributed by atoms with Gasteiger partial charge in [0.2, 0.25) is 0 Å². The number of anilines is 1. The summed E-state index contributed by atoms with van der Waals surface area (Å²) in [7, 11) is 0. The van der Waals surface area contributed by atoms with Crippen LogP contribution in [0.4, 0.5) is 5.69 Å². The van der Waals surface area contributed by atoms with Gasteiger partial charge in [0.25, 0.3) is 11.8 Å². The highest BCUT2D eigenvalue weighted by Crippen LogP contribution is 2.28. The van der Waals surface area contributed by atoms with Crippen molar-refractivity contribution in [2.75, 3.05) is 31.1 Å². The third-order valence-corrected chi connectivity index (χ3v) is 4.69. The molecule has 0 radical (unpaired) electrons. The van der Waals surface area contributed by atoms with E-state index in [-0.39, 0.29) is 11.8 Å². The summed E-state index contributed by atoms with van der Waals surface area (Å²) in [6.45, 7) is 6.94. The maximum atomic E-state index is 12.5. The normalized spacial score (nSPS) is 13.2. The molecule has 1 heterocycles. The first-order chi connectivity index (χ1) is 13.1. The Balaban J connectivity index is 1.67. The molecule has 140 valence electrons. The molecule has 2 amide bonds. The van der Waals surface area contributed by atoms with Gasteiger partial charge in [0.15, 0.2) is 0 Å². The number of carbonyl (C=O) groups excluding carboxylic acids is 3. The Morgan fingerprint density at radius 2 is 1.48 bits per heavy atom. The molecule has 0 saturated heterocycles. The number of imide groups is 1. The molecule has 0 saturated carbocycles. The fourth-order valence-corrected chi connectivity index (χ4v) is 3.06. The van der Waals surface area contributed by atoms with E-state index in [0.717, 1.165) is 18.0 Å². The second kappa shape index (κ2) is 8.14. The molecule has 27 heavy (non-hydrogen) atoms. The van der Waals surface area contributed by atoms with Crippen molar-refractivity contribution in [1.82, 2.24) is 4.90 Å². The number of hydrogen-bond acceptors (Lipinski definition) is 5. The second-order valence-corrected chi connectivity index (χ2v) is 6.20. The predicted molar refractivity (Wildman–Crippen MR) is 102 cm³/mol. The molecular weight excluding hydrogens is 344 g/mol. The molecule has 6 heteroatoms. The third kappa shape index (κ3) is 3.75. The van der Waals surface area contributed by atoms with Crippen molar-refractivity contribution in [3.05, 3.63) is 65.2 Å². The summed E-state index contributed by atoms with van der Waals surface area (Å²) in [5.41, 5.74) is 1.60. The highest BCUT2D eigenvalue weighted by molar-refractivity contribution is 6.34. The van der Waals surface area contributed by atoms with E-state index >= 15 is 0 Å². The lowest BCUT2D eigenvalue weighted by Crippen LogP contribution is -2.29. The number of esters is 1. The van der Waals surface area contributed by atoms with Gasteiger partial charge in [-0.3, -0.25) is 9.59 Å². The number of carbonyl (C=O) groups is 3. The van der Waals surface area contributed by atoms with Gasteiger partial charge in [0.05, 0.1) is 22.4 Å². The Hall–Kier alpha value is -2.99. The summed E-state index contributed by atoms with van der Waals surface area (Å²) in [6, 6.07) is 13.0. The molecular formula is C21H22N2O4. The van der Waals surface area contributed by atoms with Crippen molar-refractivity contribution in [2.24, 2.45) is 0 Å². The molecule has 2 aromatic carbocycles. The molecule has 0 aromatic heterocycles. The van der Waals surface area contributed by atoms with Gasteiger partial charge in [-0.2, -0.15) is 0 Å². The molecule has 1 aliphatic heterocycles. The van der Waals surface area contributed by atoms with Gasteiger partial charge in [0.1, 0.15) is 6.61 Å². The largest absolute Gasteiger partial charge is 0.461 e. The third-order valence-electron chi connectivity index (χ3n) is 4.69. The van der Waals surface area contributed by atoms with Crippen LogP contribution < -0.4 is 4.90 Å². The zero-order valence-electron chi connectivity index (χ0n) is 15.5. The molecule has 2 aromatic rings. The lowest BCUT2D eigenvalue weighted by atomic mass is 10.1. The zero-order valence-corrected chi connectivity index (χ0v) is 15.5. The first-order valence-electron chi connectivity index (χ1n) is 9.04. The highest BCUT2D eigenvalue weighted by atomic mass is 16.5. The maximum Gasteiger partial charge on any atom is 0.338 e. The molecule has 0 bridgehead atoms. The number of rotatable bonds is 7. The summed E-state index contributed by atoms with van der Waals surface area (Å²) < 4.78 is 5.29. The second-order valence-electron chi connectivity index (χ2n) is 6.20. The number of likely N-dealkylation sites (N-methyl/N-ethyl adjacent to an activating group) is 1. The maximum absolute atomic E-state index is 12.5. The van der Waals surface area contributed by atoms with Crippen LogP contribution in [0.25, 0.3) is 0 Å². The average molecular weight is 366 g/mol. The van der Waals surface area contributed by atoms with Crippen molar-refractivity contribution in [3.63, 3.8) is 0 Å². The molecule has 1 aliphatic rings. The van der Waals surface area contributed by atoms with E-state index in [0.29, 0.717) is 35.5 Å². The summed E-state index contributed by atoms with van der Waals surface area (Å²) in [4.78, 5) is 40.4. The van der Waals surface area contributed by atoms with Crippen LogP contribution in [0.15, 0.2) is 48.5 Å². The van der Waals surface area contributed by atoms with E-state index in [1.54, 1.807) is 48.5 Å². The average Bonchev–Trinajstić information content (AvgIpc) is 2.96. The van der Waals surface area contributed by atoms with Gasteiger partial charge in [-0.15, -0.1) is 0 Å². The van der Waals surface area contributed by atoms with E-state index in [1.165, 1.54) is 0 Å². The van der Waals surface area contributed by atoms with Crippen LogP contribution in [0.3, 0.4) is 0 Å². The number of amides is 2. The first-order valence-corrected chi connectivity index (χ1v) is 9.04. The first kappa shape index (κ1) is 18.8. The topological polar surface area (TPSA) is 66.9 Å². The van der Waals surface area contributed by atoms with Gasteiger partial charge in [-0.1, -0.05) is 26.0 Å². The fraction of sp³-hybridized carbons (Fsp3) is 0.286. The summed E-state index contributed by atoms with van der Waals surface area (Å²) in [5, 5.41) is 0. The van der Waals surface area contributed by atoms with E-state index in [9.17, 15) is 14.4 Å². The van der Waals surface area contributed by atoms with E-state index in [4.69, 9.17) is 4.74 Å². The number of benzene rings is 2. The van der Waals surface area contributed by atoms with Crippen LogP contribution in [-0.4, -0.2) is 48.9 Å². The summed E-state index contributed by atoms with van der Waals surface area (Å²) >= 11 is 0. The van der Waals surface area contributed by atoms with Crippen LogP contribution in [0, 0.1) is 0 Å². The molecule has 3 rings (SSSR count). The van der Waals surface area contributed by atoms with Crippen molar-refractivity contribution < 1.29 is 19.1 Å². The minimum absolute atomic E-state index is 0.320. The lowest BCUT2D eigenvalue weighted by Gasteiger charge is -2.17. The standard InChI is InChI=1S/C21H22N2O4/c1-3-22(4-2)13-14-27-21(26)15-9-11-16(12-10-15)23-19(24)17-7-5-6-8-18(17)20(23)25/h5-12H,3-4,13-14H2,1-2H3. The monoisotopic (exact) mass is 366 g/mol. The molecule has 0 N–H and O–H groups in total. The molecule has 0 spiro atoms.